The molecule has 10 heteroatoms. The summed E-state index contributed by atoms with van der Waals surface area (Å²) in [4.78, 5) is 10.5. The van der Waals surface area contributed by atoms with Crippen LogP contribution in [0.1, 0.15) is 36.3 Å². The van der Waals surface area contributed by atoms with Crippen LogP contribution < -0.4 is 4.74 Å². The average Bonchev–Trinajstić information content (AvgIpc) is 3.32. The van der Waals surface area contributed by atoms with Gasteiger partial charge in [-0.25, -0.2) is 0 Å². The van der Waals surface area contributed by atoms with Gasteiger partial charge >= 0.3 is 5.69 Å². The predicted octanol–water partition coefficient (Wildman–Crippen LogP) is 3.87. The fourth-order valence-electron chi connectivity index (χ4n) is 5.21. The molecule has 0 unspecified atom stereocenters. The van der Waals surface area contributed by atoms with Gasteiger partial charge in [-0.3, -0.25) is 14.8 Å². The number of benzene rings is 1. The topological polar surface area (TPSA) is 165 Å². The van der Waals surface area contributed by atoms with Crippen molar-refractivity contribution in [3.05, 3.63) is 63.5 Å². The SMILES string of the molecule is COc1ccc([C@H]2[C@@H]3CCCC=C3[C@@H](C#N)C(=N)C2(C#N)C#N)cc1Cn1cc([N+](=O)[O-])cn1. The Morgan fingerprint density at radius 2 is 2.12 bits per heavy atom. The van der Waals surface area contributed by atoms with Crippen molar-refractivity contribution in [2.75, 3.05) is 7.11 Å². The molecule has 0 radical (unpaired) electrons. The lowest BCUT2D eigenvalue weighted by atomic mass is 9.53. The zero-order valence-electron chi connectivity index (χ0n) is 18.4. The molecule has 1 heterocycles. The Morgan fingerprint density at radius 3 is 2.74 bits per heavy atom. The van der Waals surface area contributed by atoms with E-state index in [1.165, 1.54) is 18.0 Å². The zero-order valence-corrected chi connectivity index (χ0v) is 18.4. The van der Waals surface area contributed by atoms with E-state index in [1.54, 1.807) is 12.1 Å². The summed E-state index contributed by atoms with van der Waals surface area (Å²) in [7, 11) is 1.51. The molecule has 10 nitrogen and oxygen atoms in total. The third-order valence-electron chi connectivity index (χ3n) is 6.75. The number of nitrogens with zero attached hydrogens (tertiary/aromatic N) is 6. The Bertz CT molecular complexity index is 1310. The van der Waals surface area contributed by atoms with Crippen molar-refractivity contribution in [2.24, 2.45) is 17.3 Å². The summed E-state index contributed by atoms with van der Waals surface area (Å²) in [5.41, 5.74) is 0.0520. The minimum absolute atomic E-state index is 0.136. The van der Waals surface area contributed by atoms with Gasteiger partial charge < -0.3 is 10.1 Å². The van der Waals surface area contributed by atoms with E-state index in [9.17, 15) is 25.9 Å². The highest BCUT2D eigenvalue weighted by Gasteiger charge is 2.57. The molecular weight excluding hydrogens is 434 g/mol. The number of allylic oxidation sites excluding steroid dienone is 2. The van der Waals surface area contributed by atoms with Crippen molar-refractivity contribution >= 4 is 11.4 Å². The molecule has 3 atom stereocenters. The van der Waals surface area contributed by atoms with Crippen LogP contribution in [-0.2, 0) is 6.54 Å². The van der Waals surface area contributed by atoms with E-state index in [4.69, 9.17) is 10.1 Å². The van der Waals surface area contributed by atoms with Crippen LogP contribution in [0.25, 0.3) is 0 Å². The van der Waals surface area contributed by atoms with E-state index in [0.29, 0.717) is 23.3 Å². The maximum Gasteiger partial charge on any atom is 0.307 e. The first kappa shape index (κ1) is 22.7. The van der Waals surface area contributed by atoms with Crippen LogP contribution in [0, 0.1) is 66.8 Å². The molecule has 1 aromatic carbocycles. The molecule has 0 aliphatic heterocycles. The summed E-state index contributed by atoms with van der Waals surface area (Å²) < 4.78 is 6.90. The molecule has 2 aromatic rings. The Balaban J connectivity index is 1.84. The smallest absolute Gasteiger partial charge is 0.307 e. The third-order valence-corrected chi connectivity index (χ3v) is 6.75. The molecule has 2 aliphatic rings. The zero-order chi connectivity index (χ0) is 24.5. The molecule has 170 valence electrons. The lowest BCUT2D eigenvalue weighted by molar-refractivity contribution is -0.385. The normalized spacial score (nSPS) is 22.9. The van der Waals surface area contributed by atoms with Gasteiger partial charge in [0.1, 0.15) is 24.1 Å². The van der Waals surface area contributed by atoms with Gasteiger partial charge in [-0.15, -0.1) is 0 Å². The summed E-state index contributed by atoms with van der Waals surface area (Å²) in [6, 6.07) is 11.6. The quantitative estimate of drug-likeness (QED) is 0.406. The molecule has 0 spiro atoms. The monoisotopic (exact) mass is 455 g/mol. The number of methoxy groups -OCH3 is 1. The van der Waals surface area contributed by atoms with Gasteiger partial charge in [-0.2, -0.15) is 20.9 Å². The highest BCUT2D eigenvalue weighted by atomic mass is 16.6. The summed E-state index contributed by atoms with van der Waals surface area (Å²) >= 11 is 0. The third kappa shape index (κ3) is 3.48. The minimum Gasteiger partial charge on any atom is -0.496 e. The molecule has 0 saturated heterocycles. The van der Waals surface area contributed by atoms with Gasteiger partial charge in [0, 0.05) is 11.5 Å². The largest absolute Gasteiger partial charge is 0.496 e. The Hall–Kier alpha value is -4.49. The van der Waals surface area contributed by atoms with Crippen LogP contribution in [0.5, 0.6) is 5.75 Å². The second-order valence-electron chi connectivity index (χ2n) is 8.45. The number of nitriles is 3. The van der Waals surface area contributed by atoms with E-state index >= 15 is 0 Å². The van der Waals surface area contributed by atoms with Crippen LogP contribution in [0.4, 0.5) is 5.69 Å². The summed E-state index contributed by atoms with van der Waals surface area (Å²) in [5, 5.41) is 53.9. The lowest BCUT2D eigenvalue weighted by Gasteiger charge is -2.45. The van der Waals surface area contributed by atoms with Gasteiger partial charge in [-0.1, -0.05) is 12.1 Å². The molecule has 1 aromatic heterocycles. The minimum atomic E-state index is -1.78. The average molecular weight is 455 g/mol. The standard InChI is InChI=1S/C24H21N7O3/c1-34-21-7-6-15(8-16(21)11-30-12-17(10-29-30)31(32)33)22-19-5-3-2-4-18(19)20(9-25)23(28)24(22,13-26)14-27/h4,6-8,10,12,19-20,22,28H,2-3,5,11H2,1H3/t19-,20-,22+/m1/s1. The molecule has 2 aliphatic carbocycles. The fourth-order valence-corrected chi connectivity index (χ4v) is 5.21. The first-order valence-corrected chi connectivity index (χ1v) is 10.7. The van der Waals surface area contributed by atoms with E-state index in [1.807, 2.05) is 12.1 Å². The molecule has 0 bridgehead atoms. The lowest BCUT2D eigenvalue weighted by Crippen LogP contribution is -2.48. The van der Waals surface area contributed by atoms with Crippen molar-refractivity contribution in [3.63, 3.8) is 0 Å². The van der Waals surface area contributed by atoms with Crippen molar-refractivity contribution in [2.45, 2.75) is 31.7 Å². The van der Waals surface area contributed by atoms with Crippen molar-refractivity contribution < 1.29 is 9.66 Å². The van der Waals surface area contributed by atoms with Crippen LogP contribution in [-0.4, -0.2) is 27.5 Å². The molecule has 0 amide bonds. The van der Waals surface area contributed by atoms with Crippen LogP contribution >= 0.6 is 0 Å². The highest BCUT2D eigenvalue weighted by molar-refractivity contribution is 6.00. The molecule has 1 saturated carbocycles. The molecule has 1 N–H and O–H groups in total. The van der Waals surface area contributed by atoms with Gasteiger partial charge in [0.05, 0.1) is 42.5 Å². The number of hydrogen-bond acceptors (Lipinski definition) is 8. The number of rotatable bonds is 5. The van der Waals surface area contributed by atoms with Gasteiger partial charge in [0.25, 0.3) is 0 Å². The van der Waals surface area contributed by atoms with E-state index in [0.717, 1.165) is 24.6 Å². The Morgan fingerprint density at radius 1 is 1.35 bits per heavy atom. The molecule has 34 heavy (non-hydrogen) atoms. The van der Waals surface area contributed by atoms with Crippen LogP contribution in [0.3, 0.4) is 0 Å². The molecular formula is C24H21N7O3. The number of fused-ring (bicyclic) bond motifs is 1. The summed E-state index contributed by atoms with van der Waals surface area (Å²) in [6.45, 7) is 0.176. The maximum atomic E-state index is 11.0. The van der Waals surface area contributed by atoms with Crippen molar-refractivity contribution in [3.8, 4) is 24.0 Å². The second kappa shape index (κ2) is 8.80. The molecule has 1 fully saturated rings. The van der Waals surface area contributed by atoms with Gasteiger partial charge in [0.2, 0.25) is 0 Å². The maximum absolute atomic E-state index is 11.0. The number of hydrogen-bond donors (Lipinski definition) is 1. The van der Waals surface area contributed by atoms with E-state index in [2.05, 4.69) is 23.3 Å². The predicted molar refractivity (Wildman–Crippen MR) is 120 cm³/mol. The fraction of sp³-hybridized carbons (Fsp3) is 0.375. The number of nitro groups is 1. The second-order valence-corrected chi connectivity index (χ2v) is 8.45. The number of ether oxygens (including phenoxy) is 1. The first-order valence-electron chi connectivity index (χ1n) is 10.7. The van der Waals surface area contributed by atoms with Crippen LogP contribution in [0.2, 0.25) is 0 Å². The van der Waals surface area contributed by atoms with Gasteiger partial charge in [-0.05, 0) is 48.4 Å². The highest BCUT2D eigenvalue weighted by Crippen LogP contribution is 2.55. The summed E-state index contributed by atoms with van der Waals surface area (Å²) in [6.07, 6.45) is 6.83. The van der Waals surface area contributed by atoms with Gasteiger partial charge in [0.15, 0.2) is 5.41 Å². The van der Waals surface area contributed by atoms with Crippen molar-refractivity contribution in [1.82, 2.24) is 9.78 Å². The Labute approximate surface area is 195 Å². The summed E-state index contributed by atoms with van der Waals surface area (Å²) in [5.74, 6) is -1.22. The number of nitrogens with one attached hydrogen (secondary N) is 1. The Kier molecular flexibility index (Phi) is 5.88. The first-order chi connectivity index (χ1) is 16.4. The van der Waals surface area contributed by atoms with E-state index < -0.39 is 22.2 Å². The van der Waals surface area contributed by atoms with E-state index in [-0.39, 0.29) is 23.9 Å². The van der Waals surface area contributed by atoms with Crippen LogP contribution in [0.15, 0.2) is 42.2 Å². The molecule has 4 rings (SSSR count). The number of aromatic nitrogens is 2. The van der Waals surface area contributed by atoms with Crippen molar-refractivity contribution in [1.29, 1.82) is 21.2 Å².